The maximum Gasteiger partial charge on any atom is 0.258 e. The van der Waals surface area contributed by atoms with Gasteiger partial charge in [0.15, 0.2) is 5.82 Å². The maximum atomic E-state index is 14.6. The minimum atomic E-state index is -0.496. The molecule has 7 heteroatoms. The van der Waals surface area contributed by atoms with Gasteiger partial charge in [0.25, 0.3) is 5.89 Å². The smallest absolute Gasteiger partial charge is 0.258 e. The Hall–Kier alpha value is -2.54. The summed E-state index contributed by atoms with van der Waals surface area (Å²) in [5.41, 5.74) is 8.32. The molecule has 0 amide bonds. The molecule has 24 heavy (non-hydrogen) atoms. The molecule has 0 radical (unpaired) electrons. The first kappa shape index (κ1) is 15.0. The number of nitrogens with zero attached hydrogens (tertiary/aromatic N) is 4. The van der Waals surface area contributed by atoms with Crippen molar-refractivity contribution in [2.75, 3.05) is 0 Å². The van der Waals surface area contributed by atoms with Crippen LogP contribution in [0.25, 0.3) is 17.1 Å². The number of nitrogens with two attached hydrogens (primary N) is 1. The lowest BCUT2D eigenvalue weighted by molar-refractivity contribution is 0.229. The highest BCUT2D eigenvalue weighted by Crippen LogP contribution is 2.37. The van der Waals surface area contributed by atoms with Gasteiger partial charge < -0.3 is 10.3 Å². The quantitative estimate of drug-likeness (QED) is 0.799. The minimum Gasteiger partial charge on any atom is -0.334 e. The van der Waals surface area contributed by atoms with Crippen molar-refractivity contribution in [1.29, 1.82) is 0 Å². The SMILES string of the molecule is Cc1cc(C)n(-c2ccc(-c3nc(C4(N)CCC4)no3)cc2F)n1. The molecule has 0 atom stereocenters. The van der Waals surface area contributed by atoms with E-state index in [9.17, 15) is 4.39 Å². The Labute approximate surface area is 138 Å². The van der Waals surface area contributed by atoms with Crippen LogP contribution in [0.1, 0.15) is 36.5 Å². The van der Waals surface area contributed by atoms with Gasteiger partial charge in [-0.25, -0.2) is 9.07 Å². The Bertz CT molecular complexity index is 910. The summed E-state index contributed by atoms with van der Waals surface area (Å²) in [6.07, 6.45) is 2.75. The molecule has 0 aliphatic heterocycles. The largest absolute Gasteiger partial charge is 0.334 e. The van der Waals surface area contributed by atoms with Crippen LogP contribution in [-0.2, 0) is 5.54 Å². The Morgan fingerprint density at radius 3 is 2.62 bits per heavy atom. The van der Waals surface area contributed by atoms with Crippen LogP contribution in [0.2, 0.25) is 0 Å². The lowest BCUT2D eigenvalue weighted by Crippen LogP contribution is -2.44. The van der Waals surface area contributed by atoms with Gasteiger partial charge in [-0.15, -0.1) is 0 Å². The molecule has 1 aliphatic rings. The van der Waals surface area contributed by atoms with Crippen LogP contribution < -0.4 is 5.73 Å². The van der Waals surface area contributed by atoms with Gasteiger partial charge in [0.1, 0.15) is 11.5 Å². The van der Waals surface area contributed by atoms with E-state index in [1.165, 1.54) is 6.07 Å². The molecule has 1 aliphatic carbocycles. The Morgan fingerprint density at radius 2 is 2.04 bits per heavy atom. The summed E-state index contributed by atoms with van der Waals surface area (Å²) in [7, 11) is 0. The van der Waals surface area contributed by atoms with Crippen molar-refractivity contribution in [1.82, 2.24) is 19.9 Å². The van der Waals surface area contributed by atoms with Crippen molar-refractivity contribution in [3.05, 3.63) is 47.3 Å². The van der Waals surface area contributed by atoms with Crippen LogP contribution in [0, 0.1) is 19.7 Å². The van der Waals surface area contributed by atoms with Gasteiger partial charge in [0.2, 0.25) is 0 Å². The number of hydrogen-bond acceptors (Lipinski definition) is 5. The molecule has 6 nitrogen and oxygen atoms in total. The van der Waals surface area contributed by atoms with Gasteiger partial charge in [-0.2, -0.15) is 10.1 Å². The number of aryl methyl sites for hydroxylation is 2. The predicted octanol–water partition coefficient (Wildman–Crippen LogP) is 3.02. The zero-order valence-corrected chi connectivity index (χ0v) is 13.6. The van der Waals surface area contributed by atoms with E-state index in [1.807, 2.05) is 19.9 Å². The van der Waals surface area contributed by atoms with Crippen molar-refractivity contribution >= 4 is 0 Å². The zero-order chi connectivity index (χ0) is 16.9. The van der Waals surface area contributed by atoms with E-state index in [0.717, 1.165) is 30.7 Å². The molecule has 0 unspecified atom stereocenters. The molecule has 1 fully saturated rings. The van der Waals surface area contributed by atoms with E-state index >= 15 is 0 Å². The summed E-state index contributed by atoms with van der Waals surface area (Å²) in [5.74, 6) is 0.372. The summed E-state index contributed by atoms with van der Waals surface area (Å²) in [5, 5.41) is 8.27. The van der Waals surface area contributed by atoms with Crippen molar-refractivity contribution in [2.45, 2.75) is 38.6 Å². The van der Waals surface area contributed by atoms with Crippen molar-refractivity contribution in [2.24, 2.45) is 5.73 Å². The van der Waals surface area contributed by atoms with Crippen LogP contribution in [0.4, 0.5) is 4.39 Å². The molecule has 0 spiro atoms. The Kier molecular flexibility index (Phi) is 3.28. The van der Waals surface area contributed by atoms with Crippen LogP contribution in [-0.4, -0.2) is 19.9 Å². The summed E-state index contributed by atoms with van der Waals surface area (Å²) < 4.78 is 21.4. The summed E-state index contributed by atoms with van der Waals surface area (Å²) in [4.78, 5) is 4.35. The predicted molar refractivity (Wildman–Crippen MR) is 86.0 cm³/mol. The molecule has 1 saturated carbocycles. The second-order valence-corrected chi connectivity index (χ2v) is 6.44. The normalized spacial score (nSPS) is 16.2. The van der Waals surface area contributed by atoms with Crippen molar-refractivity contribution < 1.29 is 8.91 Å². The summed E-state index contributed by atoms with van der Waals surface area (Å²) in [6.45, 7) is 3.76. The molecule has 2 N–H and O–H groups in total. The number of rotatable bonds is 3. The molecule has 3 aromatic rings. The van der Waals surface area contributed by atoms with Crippen LogP contribution >= 0.6 is 0 Å². The van der Waals surface area contributed by atoms with Gasteiger partial charge in [0.05, 0.1) is 11.2 Å². The summed E-state index contributed by atoms with van der Waals surface area (Å²) >= 11 is 0. The first-order chi connectivity index (χ1) is 11.5. The van der Waals surface area contributed by atoms with Crippen LogP contribution in [0.5, 0.6) is 0 Å². The van der Waals surface area contributed by atoms with E-state index in [-0.39, 0.29) is 5.89 Å². The third-order valence-corrected chi connectivity index (χ3v) is 4.55. The minimum absolute atomic E-state index is 0.278. The third-order valence-electron chi connectivity index (χ3n) is 4.55. The molecule has 0 bridgehead atoms. The molecular formula is C17H18FN5O. The number of aromatic nitrogens is 4. The molecule has 4 rings (SSSR count). The molecule has 2 aromatic heterocycles. The van der Waals surface area contributed by atoms with Crippen LogP contribution in [0.15, 0.2) is 28.8 Å². The molecule has 1 aromatic carbocycles. The zero-order valence-electron chi connectivity index (χ0n) is 13.6. The second-order valence-electron chi connectivity index (χ2n) is 6.44. The first-order valence-electron chi connectivity index (χ1n) is 7.93. The van der Waals surface area contributed by atoms with Gasteiger partial charge in [-0.1, -0.05) is 5.16 Å². The topological polar surface area (TPSA) is 82.8 Å². The highest BCUT2D eigenvalue weighted by Gasteiger charge is 2.39. The van der Waals surface area contributed by atoms with E-state index in [2.05, 4.69) is 15.2 Å². The standard InChI is InChI=1S/C17H18FN5O/c1-10-8-11(2)23(21-10)14-5-4-12(9-13(14)18)15-20-16(22-24-15)17(19)6-3-7-17/h4-5,8-9H,3,6-7,19H2,1-2H3. The highest BCUT2D eigenvalue weighted by molar-refractivity contribution is 5.56. The molecule has 0 saturated heterocycles. The Balaban J connectivity index is 1.68. The molecular weight excluding hydrogens is 309 g/mol. The Morgan fingerprint density at radius 1 is 1.25 bits per heavy atom. The van der Waals surface area contributed by atoms with Crippen LogP contribution in [0.3, 0.4) is 0 Å². The van der Waals surface area contributed by atoms with E-state index in [0.29, 0.717) is 17.1 Å². The molecule has 2 heterocycles. The average Bonchev–Trinajstić information content (AvgIpc) is 3.12. The number of hydrogen-bond donors (Lipinski definition) is 1. The van der Waals surface area contributed by atoms with Gasteiger partial charge >= 0.3 is 0 Å². The van der Waals surface area contributed by atoms with E-state index in [1.54, 1.807) is 16.8 Å². The van der Waals surface area contributed by atoms with E-state index in [4.69, 9.17) is 10.3 Å². The van der Waals surface area contributed by atoms with Gasteiger partial charge in [-0.05, 0) is 57.4 Å². The first-order valence-corrected chi connectivity index (χ1v) is 7.93. The lowest BCUT2D eigenvalue weighted by atomic mass is 9.77. The van der Waals surface area contributed by atoms with Crippen molar-refractivity contribution in [3.8, 4) is 17.1 Å². The maximum absolute atomic E-state index is 14.6. The number of benzene rings is 1. The van der Waals surface area contributed by atoms with Gasteiger partial charge in [-0.3, -0.25) is 0 Å². The number of halogens is 1. The third kappa shape index (κ3) is 2.32. The van der Waals surface area contributed by atoms with E-state index < -0.39 is 11.4 Å². The monoisotopic (exact) mass is 327 g/mol. The molecule has 124 valence electrons. The fourth-order valence-electron chi connectivity index (χ4n) is 3.01. The van der Waals surface area contributed by atoms with Gasteiger partial charge in [0, 0.05) is 11.3 Å². The average molecular weight is 327 g/mol. The highest BCUT2D eigenvalue weighted by atomic mass is 19.1. The lowest BCUT2D eigenvalue weighted by Gasteiger charge is -2.34. The fraction of sp³-hybridized carbons (Fsp3) is 0.353. The van der Waals surface area contributed by atoms with Crippen molar-refractivity contribution in [3.63, 3.8) is 0 Å². The fourth-order valence-corrected chi connectivity index (χ4v) is 3.01. The second kappa shape index (κ2) is 5.24. The summed E-state index contributed by atoms with van der Waals surface area (Å²) in [6, 6.07) is 6.69.